The highest BCUT2D eigenvalue weighted by Crippen LogP contribution is 2.18. The molecule has 124 valence electrons. The Hall–Kier alpha value is -1.10. The molecule has 0 bridgehead atoms. The molecule has 1 fully saturated rings. The van der Waals surface area contributed by atoms with E-state index in [9.17, 15) is 9.90 Å². The minimum atomic E-state index is -0.527. The van der Waals surface area contributed by atoms with Crippen molar-refractivity contribution < 1.29 is 9.90 Å². The average molecular weight is 327 g/mol. The molecule has 1 aromatic rings. The molecular formula is C17H27ClN2O2. The molecule has 1 aliphatic rings. The number of nitrogens with one attached hydrogen (secondary N) is 2. The first-order valence-electron chi connectivity index (χ1n) is 7.88. The third kappa shape index (κ3) is 6.34. The van der Waals surface area contributed by atoms with E-state index in [1.807, 2.05) is 37.3 Å². The van der Waals surface area contributed by atoms with Gasteiger partial charge >= 0.3 is 0 Å². The van der Waals surface area contributed by atoms with Crippen LogP contribution in [-0.4, -0.2) is 30.1 Å². The zero-order valence-corrected chi connectivity index (χ0v) is 13.9. The van der Waals surface area contributed by atoms with Gasteiger partial charge in [0, 0.05) is 12.5 Å². The maximum atomic E-state index is 11.9. The molecule has 1 saturated heterocycles. The van der Waals surface area contributed by atoms with E-state index in [-0.39, 0.29) is 24.4 Å². The normalized spacial score (nSPS) is 20.0. The van der Waals surface area contributed by atoms with Crippen LogP contribution in [0.3, 0.4) is 0 Å². The Morgan fingerprint density at radius 1 is 1.41 bits per heavy atom. The fourth-order valence-corrected chi connectivity index (χ4v) is 2.85. The van der Waals surface area contributed by atoms with Crippen molar-refractivity contribution in [3.8, 4) is 0 Å². The molecule has 0 saturated carbocycles. The van der Waals surface area contributed by atoms with E-state index in [1.54, 1.807) is 0 Å². The fraction of sp³-hybridized carbons (Fsp3) is 0.588. The van der Waals surface area contributed by atoms with Gasteiger partial charge in [0.05, 0.1) is 6.10 Å². The van der Waals surface area contributed by atoms with E-state index in [2.05, 4.69) is 10.6 Å². The summed E-state index contributed by atoms with van der Waals surface area (Å²) in [5.74, 6) is 0.732. The predicted molar refractivity (Wildman–Crippen MR) is 91.1 cm³/mol. The van der Waals surface area contributed by atoms with Crippen LogP contribution in [0.25, 0.3) is 0 Å². The Bertz CT molecular complexity index is 436. The van der Waals surface area contributed by atoms with E-state index >= 15 is 0 Å². The molecule has 2 rings (SSSR count). The van der Waals surface area contributed by atoms with Gasteiger partial charge in [-0.25, -0.2) is 0 Å². The van der Waals surface area contributed by atoms with Crippen molar-refractivity contribution in [1.29, 1.82) is 0 Å². The van der Waals surface area contributed by atoms with Gasteiger partial charge in [0.1, 0.15) is 0 Å². The van der Waals surface area contributed by atoms with E-state index in [1.165, 1.54) is 6.42 Å². The predicted octanol–water partition coefficient (Wildman–Crippen LogP) is 2.43. The molecule has 3 unspecified atom stereocenters. The molecule has 1 aliphatic heterocycles. The first-order valence-corrected chi connectivity index (χ1v) is 7.88. The summed E-state index contributed by atoms with van der Waals surface area (Å²) >= 11 is 0. The van der Waals surface area contributed by atoms with Gasteiger partial charge < -0.3 is 15.7 Å². The lowest BCUT2D eigenvalue weighted by molar-refractivity contribution is -0.122. The van der Waals surface area contributed by atoms with Gasteiger partial charge in [0.15, 0.2) is 0 Å². The minimum Gasteiger partial charge on any atom is -0.388 e. The molecule has 5 heteroatoms. The summed E-state index contributed by atoms with van der Waals surface area (Å²) in [6.07, 6.45) is 2.72. The maximum Gasteiger partial charge on any atom is 0.220 e. The van der Waals surface area contributed by atoms with Crippen LogP contribution >= 0.6 is 12.4 Å². The maximum absolute atomic E-state index is 11.9. The zero-order valence-electron chi connectivity index (χ0n) is 13.1. The van der Waals surface area contributed by atoms with Crippen LogP contribution in [0.15, 0.2) is 30.3 Å². The summed E-state index contributed by atoms with van der Waals surface area (Å²) in [5.41, 5.74) is 0.899. The number of amides is 1. The van der Waals surface area contributed by atoms with E-state index in [0.29, 0.717) is 18.8 Å². The molecule has 0 radical (unpaired) electrons. The Morgan fingerprint density at radius 2 is 2.14 bits per heavy atom. The Kier molecular flexibility index (Phi) is 8.46. The number of carbonyl (C=O) groups is 1. The Balaban J connectivity index is 0.00000242. The van der Waals surface area contributed by atoms with E-state index in [0.717, 1.165) is 25.1 Å². The molecule has 0 aromatic heterocycles. The smallest absolute Gasteiger partial charge is 0.220 e. The van der Waals surface area contributed by atoms with Crippen molar-refractivity contribution >= 4 is 18.3 Å². The molecule has 1 aromatic carbocycles. The average Bonchev–Trinajstić information content (AvgIpc) is 2.99. The van der Waals surface area contributed by atoms with Crippen molar-refractivity contribution in [1.82, 2.24) is 10.6 Å². The van der Waals surface area contributed by atoms with Crippen molar-refractivity contribution in [3.05, 3.63) is 35.9 Å². The first kappa shape index (κ1) is 18.9. The number of hydrogen-bond donors (Lipinski definition) is 3. The molecule has 22 heavy (non-hydrogen) atoms. The van der Waals surface area contributed by atoms with Crippen molar-refractivity contribution in [2.24, 2.45) is 5.92 Å². The van der Waals surface area contributed by atoms with Crippen molar-refractivity contribution in [2.45, 2.75) is 44.8 Å². The second-order valence-electron chi connectivity index (χ2n) is 6.03. The molecule has 0 spiro atoms. The van der Waals surface area contributed by atoms with Crippen molar-refractivity contribution in [3.63, 3.8) is 0 Å². The summed E-state index contributed by atoms with van der Waals surface area (Å²) in [4.78, 5) is 11.9. The second-order valence-corrected chi connectivity index (χ2v) is 6.03. The molecular weight excluding hydrogens is 300 g/mol. The summed E-state index contributed by atoms with van der Waals surface area (Å²) in [6.45, 7) is 4.06. The van der Waals surface area contributed by atoms with Gasteiger partial charge in [0.2, 0.25) is 5.91 Å². The number of carbonyl (C=O) groups excluding carboxylic acids is 1. The number of hydrogen-bond acceptors (Lipinski definition) is 3. The van der Waals surface area contributed by atoms with Crippen LogP contribution < -0.4 is 10.6 Å². The summed E-state index contributed by atoms with van der Waals surface area (Å²) in [5, 5.41) is 16.4. The van der Waals surface area contributed by atoms with Crippen LogP contribution in [-0.2, 0) is 4.79 Å². The van der Waals surface area contributed by atoms with E-state index < -0.39 is 6.10 Å². The SMILES string of the molecule is CC(CC(O)c1ccccc1)NC(=O)CCC1CCNC1.Cl. The lowest BCUT2D eigenvalue weighted by atomic mass is 10.0. The largest absolute Gasteiger partial charge is 0.388 e. The standard InChI is InChI=1S/C17H26N2O2.ClH/c1-13(11-16(20)15-5-3-2-4-6-15)19-17(21)8-7-14-9-10-18-12-14;/h2-6,13-14,16,18,20H,7-12H2,1H3,(H,19,21);1H. The van der Waals surface area contributed by atoms with Gasteiger partial charge in [-0.15, -0.1) is 12.4 Å². The van der Waals surface area contributed by atoms with E-state index in [4.69, 9.17) is 0 Å². The van der Waals surface area contributed by atoms with Gasteiger partial charge in [-0.1, -0.05) is 30.3 Å². The first-order chi connectivity index (χ1) is 10.1. The highest BCUT2D eigenvalue weighted by atomic mass is 35.5. The van der Waals surface area contributed by atoms with Crippen LogP contribution in [0.2, 0.25) is 0 Å². The number of benzene rings is 1. The zero-order chi connectivity index (χ0) is 15.1. The highest BCUT2D eigenvalue weighted by Gasteiger charge is 2.17. The summed E-state index contributed by atoms with van der Waals surface area (Å²) in [6, 6.07) is 9.56. The lowest BCUT2D eigenvalue weighted by Gasteiger charge is -2.18. The topological polar surface area (TPSA) is 61.4 Å². The number of aliphatic hydroxyl groups is 1. The molecule has 1 amide bonds. The number of rotatable bonds is 7. The van der Waals surface area contributed by atoms with Gasteiger partial charge in [-0.2, -0.15) is 0 Å². The van der Waals surface area contributed by atoms with Crippen LogP contribution in [0.1, 0.15) is 44.3 Å². The molecule has 0 aliphatic carbocycles. The number of aliphatic hydroxyl groups excluding tert-OH is 1. The minimum absolute atomic E-state index is 0. The van der Waals surface area contributed by atoms with Gasteiger partial charge in [-0.3, -0.25) is 4.79 Å². The Labute approximate surface area is 139 Å². The van der Waals surface area contributed by atoms with Crippen LogP contribution in [0, 0.1) is 5.92 Å². The molecule has 3 N–H and O–H groups in total. The summed E-state index contributed by atoms with van der Waals surface area (Å²) < 4.78 is 0. The van der Waals surface area contributed by atoms with Crippen molar-refractivity contribution in [2.75, 3.05) is 13.1 Å². The second kappa shape index (κ2) is 9.82. The summed E-state index contributed by atoms with van der Waals surface area (Å²) in [7, 11) is 0. The number of halogens is 1. The third-order valence-corrected chi connectivity index (χ3v) is 4.11. The fourth-order valence-electron chi connectivity index (χ4n) is 2.85. The third-order valence-electron chi connectivity index (χ3n) is 4.11. The quantitative estimate of drug-likeness (QED) is 0.721. The molecule has 4 nitrogen and oxygen atoms in total. The van der Waals surface area contributed by atoms with Crippen LogP contribution in [0.5, 0.6) is 0 Å². The Morgan fingerprint density at radius 3 is 2.77 bits per heavy atom. The monoisotopic (exact) mass is 326 g/mol. The van der Waals surface area contributed by atoms with Gasteiger partial charge in [-0.05, 0) is 50.8 Å². The lowest BCUT2D eigenvalue weighted by Crippen LogP contribution is -2.34. The van der Waals surface area contributed by atoms with Crippen LogP contribution in [0.4, 0.5) is 0 Å². The molecule has 3 atom stereocenters. The molecule has 1 heterocycles. The highest BCUT2D eigenvalue weighted by molar-refractivity contribution is 5.85. The van der Waals surface area contributed by atoms with Gasteiger partial charge in [0.25, 0.3) is 0 Å².